The summed E-state index contributed by atoms with van der Waals surface area (Å²) >= 11 is 0. The van der Waals surface area contributed by atoms with Crippen LogP contribution in [0.5, 0.6) is 5.75 Å². The van der Waals surface area contributed by atoms with Crippen LogP contribution < -0.4 is 15.4 Å². The van der Waals surface area contributed by atoms with Crippen LogP contribution in [-0.4, -0.2) is 24.1 Å². The molecule has 1 aliphatic heterocycles. The zero-order valence-corrected chi connectivity index (χ0v) is 13.9. The molecule has 3 aliphatic rings. The van der Waals surface area contributed by atoms with E-state index in [1.165, 1.54) is 25.3 Å². The normalized spacial score (nSPS) is 29.6. The molecule has 130 valence electrons. The second-order valence-electron chi connectivity index (χ2n) is 7.41. The average Bonchev–Trinajstić information content (AvgIpc) is 2.96. The Morgan fingerprint density at radius 2 is 2.00 bits per heavy atom. The number of ether oxygens (including phenoxy) is 1. The molecule has 0 bridgehead atoms. The van der Waals surface area contributed by atoms with Crippen LogP contribution in [0, 0.1) is 11.7 Å². The molecule has 3 unspecified atom stereocenters. The Balaban J connectivity index is 1.36. The predicted molar refractivity (Wildman–Crippen MR) is 90.6 cm³/mol. The molecule has 5 heteroatoms. The van der Waals surface area contributed by atoms with E-state index in [1.807, 2.05) is 0 Å². The zero-order valence-electron chi connectivity index (χ0n) is 13.9. The third-order valence-corrected chi connectivity index (χ3v) is 5.72. The van der Waals surface area contributed by atoms with E-state index in [0.717, 1.165) is 32.1 Å². The van der Waals surface area contributed by atoms with Crippen molar-refractivity contribution in [2.45, 2.75) is 69.6 Å². The number of hydrogen-bond acceptors (Lipinski definition) is 3. The van der Waals surface area contributed by atoms with Gasteiger partial charge >= 0.3 is 0 Å². The summed E-state index contributed by atoms with van der Waals surface area (Å²) in [5.41, 5.74) is 0.495. The van der Waals surface area contributed by atoms with Crippen molar-refractivity contribution in [1.29, 1.82) is 0 Å². The van der Waals surface area contributed by atoms with Crippen LogP contribution in [0.15, 0.2) is 18.2 Å². The second kappa shape index (κ2) is 6.71. The molecule has 1 saturated heterocycles. The van der Waals surface area contributed by atoms with Crippen molar-refractivity contribution in [3.05, 3.63) is 24.0 Å². The van der Waals surface area contributed by atoms with E-state index in [4.69, 9.17) is 4.74 Å². The van der Waals surface area contributed by atoms with Gasteiger partial charge in [-0.3, -0.25) is 4.79 Å². The van der Waals surface area contributed by atoms with Crippen LogP contribution in [-0.2, 0) is 4.79 Å². The summed E-state index contributed by atoms with van der Waals surface area (Å²) in [7, 11) is 0. The summed E-state index contributed by atoms with van der Waals surface area (Å²) in [4.78, 5) is 12.5. The molecule has 1 amide bonds. The van der Waals surface area contributed by atoms with Gasteiger partial charge in [0.15, 0.2) is 11.6 Å². The van der Waals surface area contributed by atoms with Crippen molar-refractivity contribution in [2.24, 2.45) is 5.92 Å². The van der Waals surface area contributed by atoms with Gasteiger partial charge in [-0.1, -0.05) is 12.8 Å². The number of nitrogens with one attached hydrogen (secondary N) is 2. The minimum atomic E-state index is -0.409. The number of carbonyl (C=O) groups excluding carboxylic acids is 1. The zero-order chi connectivity index (χ0) is 16.5. The summed E-state index contributed by atoms with van der Waals surface area (Å²) in [5, 5.41) is 6.30. The molecule has 0 aromatic heterocycles. The predicted octanol–water partition coefficient (Wildman–Crippen LogP) is 3.62. The number of amides is 1. The third-order valence-electron chi connectivity index (χ3n) is 5.72. The van der Waals surface area contributed by atoms with Crippen molar-refractivity contribution in [3.63, 3.8) is 0 Å². The van der Waals surface area contributed by atoms with E-state index in [-0.39, 0.29) is 23.8 Å². The second-order valence-corrected chi connectivity index (χ2v) is 7.41. The number of fused-ring (bicyclic) bond motifs is 1. The molecule has 3 atom stereocenters. The fourth-order valence-electron chi connectivity index (χ4n) is 4.09. The highest BCUT2D eigenvalue weighted by Crippen LogP contribution is 2.34. The number of rotatable bonds is 4. The minimum Gasteiger partial charge on any atom is -0.487 e. The number of hydrogen-bond donors (Lipinski definition) is 2. The van der Waals surface area contributed by atoms with E-state index >= 15 is 0 Å². The van der Waals surface area contributed by atoms with E-state index in [2.05, 4.69) is 10.6 Å². The fourth-order valence-corrected chi connectivity index (χ4v) is 4.09. The summed E-state index contributed by atoms with van der Waals surface area (Å²) < 4.78 is 19.8. The molecule has 0 radical (unpaired) electrons. The summed E-state index contributed by atoms with van der Waals surface area (Å²) in [6, 6.07) is 5.01. The van der Waals surface area contributed by atoms with Crippen LogP contribution in [0.1, 0.15) is 51.4 Å². The number of anilines is 1. The van der Waals surface area contributed by atoms with Gasteiger partial charge in [-0.05, 0) is 56.6 Å². The van der Waals surface area contributed by atoms with Crippen molar-refractivity contribution in [3.8, 4) is 5.75 Å². The quantitative estimate of drug-likeness (QED) is 0.885. The average molecular weight is 332 g/mol. The standard InChI is InChI=1S/C19H25FN2O2/c20-15-11-13(8-9-18(15)24-14-5-3-6-14)21-19(23)17-10-12-4-1-2-7-16(12)22-17/h8-9,11-12,14,16-17,22H,1-7,10H2,(H,21,23). The molecule has 1 aromatic rings. The number of halogens is 1. The molecular weight excluding hydrogens is 307 g/mol. The topological polar surface area (TPSA) is 50.4 Å². The maximum atomic E-state index is 14.1. The SMILES string of the molecule is O=C(Nc1ccc(OC2CCC2)c(F)c1)C1CC2CCCCC2N1. The van der Waals surface area contributed by atoms with Gasteiger partial charge in [-0.2, -0.15) is 0 Å². The molecule has 0 spiro atoms. The fraction of sp³-hybridized carbons (Fsp3) is 0.632. The van der Waals surface area contributed by atoms with Gasteiger partial charge in [-0.15, -0.1) is 0 Å². The van der Waals surface area contributed by atoms with Crippen LogP contribution >= 0.6 is 0 Å². The first-order valence-electron chi connectivity index (χ1n) is 9.22. The maximum Gasteiger partial charge on any atom is 0.241 e. The molecule has 1 heterocycles. The lowest BCUT2D eigenvalue weighted by molar-refractivity contribution is -0.117. The Hall–Kier alpha value is -1.62. The van der Waals surface area contributed by atoms with E-state index in [0.29, 0.717) is 17.6 Å². The first-order chi connectivity index (χ1) is 11.7. The molecule has 2 N–H and O–H groups in total. The molecule has 2 aliphatic carbocycles. The van der Waals surface area contributed by atoms with Crippen molar-refractivity contribution in [2.75, 3.05) is 5.32 Å². The van der Waals surface area contributed by atoms with E-state index in [1.54, 1.807) is 12.1 Å². The maximum absolute atomic E-state index is 14.1. The molecule has 4 rings (SSSR count). The van der Waals surface area contributed by atoms with Gasteiger partial charge in [0.2, 0.25) is 5.91 Å². The Labute approximate surface area is 142 Å². The lowest BCUT2D eigenvalue weighted by Crippen LogP contribution is -2.39. The number of carbonyl (C=O) groups is 1. The van der Waals surface area contributed by atoms with Gasteiger partial charge in [0, 0.05) is 17.8 Å². The molecule has 3 fully saturated rings. The van der Waals surface area contributed by atoms with Crippen LogP contribution in [0.2, 0.25) is 0 Å². The minimum absolute atomic E-state index is 0.0588. The molecule has 1 aromatic carbocycles. The van der Waals surface area contributed by atoms with Gasteiger partial charge in [0.25, 0.3) is 0 Å². The van der Waals surface area contributed by atoms with Crippen LogP contribution in [0.25, 0.3) is 0 Å². The van der Waals surface area contributed by atoms with Gasteiger partial charge in [0.05, 0.1) is 12.1 Å². The van der Waals surface area contributed by atoms with Crippen LogP contribution in [0.3, 0.4) is 0 Å². The largest absolute Gasteiger partial charge is 0.487 e. The smallest absolute Gasteiger partial charge is 0.241 e. The third kappa shape index (κ3) is 3.27. The van der Waals surface area contributed by atoms with Crippen molar-refractivity contribution in [1.82, 2.24) is 5.32 Å². The molecule has 24 heavy (non-hydrogen) atoms. The van der Waals surface area contributed by atoms with E-state index < -0.39 is 5.82 Å². The highest BCUT2D eigenvalue weighted by atomic mass is 19.1. The lowest BCUT2D eigenvalue weighted by atomic mass is 9.85. The Morgan fingerprint density at radius 1 is 1.17 bits per heavy atom. The molecular formula is C19H25FN2O2. The number of benzene rings is 1. The Morgan fingerprint density at radius 3 is 2.71 bits per heavy atom. The first-order valence-corrected chi connectivity index (χ1v) is 9.22. The van der Waals surface area contributed by atoms with Gasteiger partial charge in [0.1, 0.15) is 0 Å². The highest BCUT2D eigenvalue weighted by molar-refractivity contribution is 5.95. The van der Waals surface area contributed by atoms with E-state index in [9.17, 15) is 9.18 Å². The monoisotopic (exact) mass is 332 g/mol. The van der Waals surface area contributed by atoms with Crippen molar-refractivity contribution < 1.29 is 13.9 Å². The molecule has 2 saturated carbocycles. The highest BCUT2D eigenvalue weighted by Gasteiger charge is 2.38. The lowest BCUT2D eigenvalue weighted by Gasteiger charge is -2.26. The summed E-state index contributed by atoms with van der Waals surface area (Å²) in [6.45, 7) is 0. The van der Waals surface area contributed by atoms with Crippen molar-refractivity contribution >= 4 is 11.6 Å². The van der Waals surface area contributed by atoms with Gasteiger partial charge in [-0.25, -0.2) is 4.39 Å². The summed E-state index contributed by atoms with van der Waals surface area (Å²) in [5.74, 6) is 0.427. The van der Waals surface area contributed by atoms with Crippen LogP contribution in [0.4, 0.5) is 10.1 Å². The molecule has 4 nitrogen and oxygen atoms in total. The summed E-state index contributed by atoms with van der Waals surface area (Å²) in [6.07, 6.45) is 9.06. The van der Waals surface area contributed by atoms with Gasteiger partial charge < -0.3 is 15.4 Å². The Bertz CT molecular complexity index is 603. The first kappa shape index (κ1) is 15.9. The Kier molecular flexibility index (Phi) is 4.44.